The maximum Gasteiger partial charge on any atom is 0.130 e. The van der Waals surface area contributed by atoms with Crippen LogP contribution in [-0.2, 0) is 0 Å². The maximum atomic E-state index is 9.17. The van der Waals surface area contributed by atoms with Gasteiger partial charge in [-0.15, -0.1) is 0 Å². The summed E-state index contributed by atoms with van der Waals surface area (Å²) in [4.78, 5) is 0. The molecule has 0 atom stereocenters. The first-order valence-corrected chi connectivity index (χ1v) is 4.63. The molecule has 1 aromatic rings. The van der Waals surface area contributed by atoms with Gasteiger partial charge in [0.05, 0.1) is 4.47 Å². The molecule has 1 rings (SSSR count). The Hall–Kier alpha value is 0.230. The minimum atomic E-state index is 0.304. The van der Waals surface area contributed by atoms with E-state index in [0.717, 1.165) is 13.6 Å². The maximum absolute atomic E-state index is 9.17. The average Bonchev–Trinajstić information content (AvgIpc) is 1.93. The molecule has 0 aliphatic heterocycles. The lowest BCUT2D eigenvalue weighted by molar-refractivity contribution is 0.471. The van der Waals surface area contributed by atoms with Gasteiger partial charge in [-0.3, -0.25) is 0 Å². The highest BCUT2D eigenvalue weighted by molar-refractivity contribution is 14.1. The molecule has 10 heavy (non-hydrogen) atoms. The lowest BCUT2D eigenvalue weighted by Crippen LogP contribution is -1.81. The van der Waals surface area contributed by atoms with Gasteiger partial charge in [-0.2, -0.15) is 0 Å². The third-order valence-electron chi connectivity index (χ3n) is 1.30. The van der Waals surface area contributed by atoms with Gasteiger partial charge in [-0.05, 0) is 63.1 Å². The van der Waals surface area contributed by atoms with Crippen LogP contribution in [0.3, 0.4) is 0 Å². The molecule has 0 fully saturated rings. The zero-order chi connectivity index (χ0) is 7.72. The lowest BCUT2D eigenvalue weighted by Gasteiger charge is -2.01. The van der Waals surface area contributed by atoms with E-state index >= 15 is 0 Å². The van der Waals surface area contributed by atoms with Crippen molar-refractivity contribution in [2.45, 2.75) is 6.92 Å². The smallest absolute Gasteiger partial charge is 0.130 e. The first kappa shape index (κ1) is 8.33. The highest BCUT2D eigenvalue weighted by Crippen LogP contribution is 2.29. The van der Waals surface area contributed by atoms with Crippen LogP contribution < -0.4 is 0 Å². The number of phenolic OH excluding ortho intramolecular Hbond substituents is 1. The Morgan fingerprint density at radius 2 is 2.10 bits per heavy atom. The van der Waals surface area contributed by atoms with E-state index in [0.29, 0.717) is 5.75 Å². The molecule has 0 bridgehead atoms. The van der Waals surface area contributed by atoms with E-state index in [2.05, 4.69) is 38.5 Å². The van der Waals surface area contributed by atoms with Crippen molar-refractivity contribution in [3.05, 3.63) is 25.7 Å². The van der Waals surface area contributed by atoms with Crippen LogP contribution in [0.5, 0.6) is 5.75 Å². The van der Waals surface area contributed by atoms with E-state index < -0.39 is 0 Å². The second kappa shape index (κ2) is 3.09. The Balaban J connectivity index is 3.34. The van der Waals surface area contributed by atoms with Crippen molar-refractivity contribution in [2.75, 3.05) is 0 Å². The third kappa shape index (κ3) is 1.45. The molecule has 0 saturated carbocycles. The molecule has 0 aromatic heterocycles. The molecule has 0 amide bonds. The number of phenols is 1. The number of aromatic hydroxyl groups is 1. The van der Waals surface area contributed by atoms with Gasteiger partial charge >= 0.3 is 0 Å². The van der Waals surface area contributed by atoms with Gasteiger partial charge in [0.2, 0.25) is 0 Å². The Morgan fingerprint density at radius 1 is 1.50 bits per heavy atom. The molecule has 1 nitrogen and oxygen atoms in total. The van der Waals surface area contributed by atoms with Crippen molar-refractivity contribution in [1.29, 1.82) is 0 Å². The van der Waals surface area contributed by atoms with E-state index in [9.17, 15) is 5.11 Å². The highest BCUT2D eigenvalue weighted by Gasteiger charge is 2.02. The van der Waals surface area contributed by atoms with Gasteiger partial charge in [-0.25, -0.2) is 0 Å². The Kier molecular flexibility index (Phi) is 2.57. The van der Waals surface area contributed by atoms with Crippen molar-refractivity contribution < 1.29 is 5.11 Å². The quantitative estimate of drug-likeness (QED) is 0.730. The third-order valence-corrected chi connectivity index (χ3v) is 3.47. The summed E-state index contributed by atoms with van der Waals surface area (Å²) in [5, 5.41) is 9.17. The highest BCUT2D eigenvalue weighted by atomic mass is 127. The summed E-state index contributed by atoms with van der Waals surface area (Å²) in [6.07, 6.45) is 0. The first-order chi connectivity index (χ1) is 4.63. The van der Waals surface area contributed by atoms with Crippen molar-refractivity contribution in [2.24, 2.45) is 0 Å². The fraction of sp³-hybridized carbons (Fsp3) is 0.143. The van der Waals surface area contributed by atoms with E-state index in [1.54, 1.807) is 6.07 Å². The number of benzene rings is 1. The van der Waals surface area contributed by atoms with Crippen LogP contribution >= 0.6 is 38.5 Å². The number of halogens is 2. The van der Waals surface area contributed by atoms with Crippen LogP contribution in [0.4, 0.5) is 0 Å². The molecule has 0 radical (unpaired) electrons. The second-order valence-electron chi connectivity index (χ2n) is 2.01. The molecule has 1 aromatic carbocycles. The van der Waals surface area contributed by atoms with Gasteiger partial charge in [0, 0.05) is 3.57 Å². The van der Waals surface area contributed by atoms with Crippen LogP contribution in [-0.4, -0.2) is 5.11 Å². The van der Waals surface area contributed by atoms with Crippen LogP contribution in [0.25, 0.3) is 0 Å². The molecule has 0 heterocycles. The summed E-state index contributed by atoms with van der Waals surface area (Å²) in [6.45, 7) is 1.96. The molecule has 3 heteroatoms. The second-order valence-corrected chi connectivity index (χ2v) is 3.96. The largest absolute Gasteiger partial charge is 0.507 e. The van der Waals surface area contributed by atoms with Crippen LogP contribution in [0.1, 0.15) is 5.56 Å². The van der Waals surface area contributed by atoms with Gasteiger partial charge in [0.25, 0.3) is 0 Å². The molecule has 1 N–H and O–H groups in total. The van der Waals surface area contributed by atoms with Crippen LogP contribution in [0.15, 0.2) is 16.6 Å². The van der Waals surface area contributed by atoms with E-state index in [1.165, 1.54) is 0 Å². The SMILES string of the molecule is Cc1c(I)ccc(O)c1Br. The fourth-order valence-electron chi connectivity index (χ4n) is 0.647. The zero-order valence-electron chi connectivity index (χ0n) is 5.36. The predicted molar refractivity (Wildman–Crippen MR) is 53.3 cm³/mol. The molecule has 54 valence electrons. The summed E-state index contributed by atoms with van der Waals surface area (Å²) in [7, 11) is 0. The molecule has 0 aliphatic carbocycles. The topological polar surface area (TPSA) is 20.2 Å². The normalized spacial score (nSPS) is 9.90. The Morgan fingerprint density at radius 3 is 2.60 bits per heavy atom. The number of hydrogen-bond donors (Lipinski definition) is 1. The molecule has 0 saturated heterocycles. The Labute approximate surface area is 81.7 Å². The average molecular weight is 313 g/mol. The monoisotopic (exact) mass is 312 g/mol. The molecule has 0 unspecified atom stereocenters. The lowest BCUT2D eigenvalue weighted by atomic mass is 10.2. The summed E-state index contributed by atoms with van der Waals surface area (Å²) >= 11 is 5.50. The summed E-state index contributed by atoms with van der Waals surface area (Å²) in [5.41, 5.74) is 1.08. The van der Waals surface area contributed by atoms with Crippen molar-refractivity contribution in [3.8, 4) is 5.75 Å². The van der Waals surface area contributed by atoms with E-state index in [-0.39, 0.29) is 0 Å². The Bertz CT molecular complexity index is 233. The van der Waals surface area contributed by atoms with E-state index in [4.69, 9.17) is 0 Å². The molecular formula is C7H6BrIO. The molecule has 0 aliphatic rings. The van der Waals surface area contributed by atoms with Crippen molar-refractivity contribution >= 4 is 38.5 Å². The summed E-state index contributed by atoms with van der Waals surface area (Å²) < 4.78 is 1.95. The van der Waals surface area contributed by atoms with Gasteiger partial charge in [-0.1, -0.05) is 0 Å². The summed E-state index contributed by atoms with van der Waals surface area (Å²) in [5.74, 6) is 0.304. The van der Waals surface area contributed by atoms with Gasteiger partial charge < -0.3 is 5.11 Å². The number of hydrogen-bond acceptors (Lipinski definition) is 1. The minimum absolute atomic E-state index is 0.304. The molecule has 0 spiro atoms. The van der Waals surface area contributed by atoms with Crippen molar-refractivity contribution in [1.82, 2.24) is 0 Å². The zero-order valence-corrected chi connectivity index (χ0v) is 9.10. The van der Waals surface area contributed by atoms with E-state index in [1.807, 2.05) is 13.0 Å². The first-order valence-electron chi connectivity index (χ1n) is 2.76. The van der Waals surface area contributed by atoms with Crippen LogP contribution in [0.2, 0.25) is 0 Å². The predicted octanol–water partition coefficient (Wildman–Crippen LogP) is 3.07. The minimum Gasteiger partial charge on any atom is -0.507 e. The number of rotatable bonds is 0. The van der Waals surface area contributed by atoms with Gasteiger partial charge in [0.1, 0.15) is 5.75 Å². The van der Waals surface area contributed by atoms with Gasteiger partial charge in [0.15, 0.2) is 0 Å². The van der Waals surface area contributed by atoms with Crippen LogP contribution in [0, 0.1) is 10.5 Å². The standard InChI is InChI=1S/C7H6BrIO/c1-4-5(9)2-3-6(10)7(4)8/h2-3,10H,1H3. The van der Waals surface area contributed by atoms with Crippen molar-refractivity contribution in [3.63, 3.8) is 0 Å². The molecular weight excluding hydrogens is 307 g/mol. The summed E-state index contributed by atoms with van der Waals surface area (Å²) in [6, 6.07) is 3.56. The fourth-order valence-corrected chi connectivity index (χ4v) is 1.81.